The summed E-state index contributed by atoms with van der Waals surface area (Å²) in [5.74, 6) is 0.217. The molecule has 0 fully saturated rings. The highest BCUT2D eigenvalue weighted by molar-refractivity contribution is 9.10. The van der Waals surface area contributed by atoms with E-state index >= 15 is 0 Å². The Morgan fingerprint density at radius 2 is 2.23 bits per heavy atom. The number of carbonyl (C=O) groups excluding carboxylic acids is 1. The van der Waals surface area contributed by atoms with Gasteiger partial charge in [-0.3, -0.25) is 4.79 Å². The number of halogens is 1. The maximum Gasteiger partial charge on any atom is 0.168 e. The van der Waals surface area contributed by atoms with E-state index < -0.39 is 0 Å². The summed E-state index contributed by atoms with van der Waals surface area (Å²) in [5.41, 5.74) is 0.986. The van der Waals surface area contributed by atoms with E-state index in [4.69, 9.17) is 4.74 Å². The summed E-state index contributed by atoms with van der Waals surface area (Å²) in [7, 11) is 1.45. The Morgan fingerprint density at radius 1 is 1.62 bits per heavy atom. The van der Waals surface area contributed by atoms with Crippen LogP contribution in [-0.2, 0) is 0 Å². The number of hydrogen-bond donors (Lipinski definition) is 1. The lowest BCUT2D eigenvalue weighted by molar-refractivity contribution is 0.112. The highest BCUT2D eigenvalue weighted by Gasteiger charge is 2.13. The topological polar surface area (TPSA) is 46.5 Å². The molecule has 0 unspecified atom stereocenters. The van der Waals surface area contributed by atoms with E-state index in [1.54, 1.807) is 13.0 Å². The molecule has 3 nitrogen and oxygen atoms in total. The zero-order valence-electron chi connectivity index (χ0n) is 7.30. The van der Waals surface area contributed by atoms with Gasteiger partial charge in [0.25, 0.3) is 0 Å². The molecule has 0 spiro atoms. The monoisotopic (exact) mass is 244 g/mol. The Labute approximate surface area is 84.5 Å². The van der Waals surface area contributed by atoms with Crippen LogP contribution in [0.2, 0.25) is 0 Å². The molecule has 0 radical (unpaired) electrons. The molecular weight excluding hydrogens is 236 g/mol. The average Bonchev–Trinajstić information content (AvgIpc) is 2.12. The van der Waals surface area contributed by atoms with Gasteiger partial charge in [0.1, 0.15) is 0 Å². The first-order valence-electron chi connectivity index (χ1n) is 3.63. The molecule has 0 aliphatic heterocycles. The van der Waals surface area contributed by atoms with E-state index in [0.29, 0.717) is 12.0 Å². The van der Waals surface area contributed by atoms with Crippen LogP contribution in [0.25, 0.3) is 0 Å². The maximum absolute atomic E-state index is 10.5. The third kappa shape index (κ3) is 1.67. The van der Waals surface area contributed by atoms with E-state index in [9.17, 15) is 9.90 Å². The van der Waals surface area contributed by atoms with Crippen molar-refractivity contribution in [3.05, 3.63) is 21.7 Å². The number of rotatable bonds is 2. The molecule has 0 heterocycles. The van der Waals surface area contributed by atoms with Gasteiger partial charge in [0, 0.05) is 10.0 Å². The van der Waals surface area contributed by atoms with Gasteiger partial charge in [-0.05, 0) is 13.0 Å². The third-order valence-electron chi connectivity index (χ3n) is 1.80. The van der Waals surface area contributed by atoms with Gasteiger partial charge in [-0.2, -0.15) is 0 Å². The molecule has 1 rings (SSSR count). The number of carbonyl (C=O) groups is 1. The van der Waals surface area contributed by atoms with E-state index in [-0.39, 0.29) is 11.3 Å². The van der Waals surface area contributed by atoms with Crippen molar-refractivity contribution in [1.82, 2.24) is 0 Å². The Balaban J connectivity index is 3.47. The second kappa shape index (κ2) is 3.79. The van der Waals surface area contributed by atoms with Crippen LogP contribution in [0.15, 0.2) is 10.5 Å². The van der Waals surface area contributed by atoms with Gasteiger partial charge in [-0.1, -0.05) is 15.9 Å². The third-order valence-corrected chi connectivity index (χ3v) is 2.62. The molecule has 0 aliphatic carbocycles. The lowest BCUT2D eigenvalue weighted by Gasteiger charge is -2.10. The summed E-state index contributed by atoms with van der Waals surface area (Å²) in [4.78, 5) is 10.5. The first kappa shape index (κ1) is 10.1. The molecule has 70 valence electrons. The second-order valence-electron chi connectivity index (χ2n) is 2.57. The largest absolute Gasteiger partial charge is 0.504 e. The van der Waals surface area contributed by atoms with Gasteiger partial charge in [-0.25, -0.2) is 0 Å². The second-order valence-corrected chi connectivity index (χ2v) is 3.43. The number of aromatic hydroxyl groups is 1. The van der Waals surface area contributed by atoms with Crippen molar-refractivity contribution in [2.24, 2.45) is 0 Å². The predicted molar refractivity (Wildman–Crippen MR) is 52.5 cm³/mol. The van der Waals surface area contributed by atoms with Crippen molar-refractivity contribution in [2.75, 3.05) is 7.11 Å². The normalized spacial score (nSPS) is 9.77. The Bertz CT molecular complexity index is 347. The van der Waals surface area contributed by atoms with Crippen molar-refractivity contribution in [3.8, 4) is 11.5 Å². The van der Waals surface area contributed by atoms with Crippen LogP contribution in [0.5, 0.6) is 11.5 Å². The molecule has 0 aliphatic rings. The standard InChI is InChI=1S/C9H9BrO3/c1-5-7(10)3-6(4-11)8(12)9(5)13-2/h3-4,12H,1-2H3. The summed E-state index contributed by atoms with van der Waals surface area (Å²) >= 11 is 3.26. The number of aldehydes is 1. The van der Waals surface area contributed by atoms with Crippen LogP contribution in [0.4, 0.5) is 0 Å². The summed E-state index contributed by atoms with van der Waals surface area (Å²) in [6.45, 7) is 1.79. The van der Waals surface area contributed by atoms with E-state index in [1.165, 1.54) is 7.11 Å². The molecule has 1 aromatic carbocycles. The van der Waals surface area contributed by atoms with Gasteiger partial charge in [-0.15, -0.1) is 0 Å². The van der Waals surface area contributed by atoms with Gasteiger partial charge in [0.05, 0.1) is 12.7 Å². The van der Waals surface area contributed by atoms with Crippen LogP contribution in [-0.4, -0.2) is 18.5 Å². The highest BCUT2D eigenvalue weighted by atomic mass is 79.9. The van der Waals surface area contributed by atoms with E-state index in [0.717, 1.165) is 10.0 Å². The number of benzene rings is 1. The molecule has 0 atom stereocenters. The fourth-order valence-electron chi connectivity index (χ4n) is 1.07. The van der Waals surface area contributed by atoms with Crippen LogP contribution in [0.3, 0.4) is 0 Å². The molecular formula is C9H9BrO3. The predicted octanol–water partition coefficient (Wildman–Crippen LogP) is 2.28. The van der Waals surface area contributed by atoms with Crippen molar-refractivity contribution >= 4 is 22.2 Å². The average molecular weight is 245 g/mol. The highest BCUT2D eigenvalue weighted by Crippen LogP contribution is 2.37. The quantitative estimate of drug-likeness (QED) is 0.813. The first-order chi connectivity index (χ1) is 6.11. The molecule has 1 aromatic rings. The number of ether oxygens (including phenoxy) is 1. The van der Waals surface area contributed by atoms with Gasteiger partial charge in [0.2, 0.25) is 0 Å². The number of phenols is 1. The lowest BCUT2D eigenvalue weighted by Crippen LogP contribution is -1.92. The van der Waals surface area contributed by atoms with Crippen molar-refractivity contribution in [3.63, 3.8) is 0 Å². The SMILES string of the molecule is COc1c(C)c(Br)cc(C=O)c1O. The Kier molecular flexibility index (Phi) is 2.93. The number of phenolic OH excluding ortho intramolecular Hbond substituents is 1. The molecule has 13 heavy (non-hydrogen) atoms. The zero-order valence-corrected chi connectivity index (χ0v) is 8.88. The maximum atomic E-state index is 10.5. The minimum atomic E-state index is -0.113. The van der Waals surface area contributed by atoms with Gasteiger partial charge in [0.15, 0.2) is 17.8 Å². The van der Waals surface area contributed by atoms with Crippen LogP contribution in [0, 0.1) is 6.92 Å². The first-order valence-corrected chi connectivity index (χ1v) is 4.42. The fourth-order valence-corrected chi connectivity index (χ4v) is 1.50. The summed E-state index contributed by atoms with van der Waals surface area (Å²) < 4.78 is 5.70. The molecule has 4 heteroatoms. The van der Waals surface area contributed by atoms with Crippen LogP contribution in [0.1, 0.15) is 15.9 Å². The minimum absolute atomic E-state index is 0.113. The van der Waals surface area contributed by atoms with Crippen LogP contribution < -0.4 is 4.74 Å². The minimum Gasteiger partial charge on any atom is -0.504 e. The molecule has 0 amide bonds. The fraction of sp³-hybridized carbons (Fsp3) is 0.222. The van der Waals surface area contributed by atoms with E-state index in [1.807, 2.05) is 0 Å². The zero-order chi connectivity index (χ0) is 10.0. The van der Waals surface area contributed by atoms with Crippen molar-refractivity contribution < 1.29 is 14.6 Å². The molecule has 0 saturated heterocycles. The molecule has 0 aromatic heterocycles. The van der Waals surface area contributed by atoms with Gasteiger partial charge >= 0.3 is 0 Å². The van der Waals surface area contributed by atoms with Crippen LogP contribution >= 0.6 is 15.9 Å². The summed E-state index contributed by atoms with van der Waals surface area (Å²) in [5, 5.41) is 9.52. The summed E-state index contributed by atoms with van der Waals surface area (Å²) in [6.07, 6.45) is 0.585. The van der Waals surface area contributed by atoms with Crippen molar-refractivity contribution in [2.45, 2.75) is 6.92 Å². The number of methoxy groups -OCH3 is 1. The number of hydrogen-bond acceptors (Lipinski definition) is 3. The smallest absolute Gasteiger partial charge is 0.168 e. The summed E-state index contributed by atoms with van der Waals surface area (Å²) in [6, 6.07) is 1.56. The Morgan fingerprint density at radius 3 is 2.69 bits per heavy atom. The molecule has 1 N–H and O–H groups in total. The van der Waals surface area contributed by atoms with Crippen molar-refractivity contribution in [1.29, 1.82) is 0 Å². The van der Waals surface area contributed by atoms with Gasteiger partial charge < -0.3 is 9.84 Å². The molecule has 0 bridgehead atoms. The Hall–Kier alpha value is -1.03. The molecule has 0 saturated carbocycles. The lowest BCUT2D eigenvalue weighted by atomic mass is 10.1. The van der Waals surface area contributed by atoms with E-state index in [2.05, 4.69) is 15.9 Å².